The van der Waals surface area contributed by atoms with Gasteiger partial charge in [-0.2, -0.15) is 0 Å². The van der Waals surface area contributed by atoms with Gasteiger partial charge in [0.15, 0.2) is 17.4 Å². The second-order valence-corrected chi connectivity index (χ2v) is 10.6. The van der Waals surface area contributed by atoms with Gasteiger partial charge in [0.05, 0.1) is 18.0 Å². The minimum atomic E-state index is -0.445. The van der Waals surface area contributed by atoms with Crippen molar-refractivity contribution in [2.24, 2.45) is 5.73 Å². The Morgan fingerprint density at radius 3 is 2.36 bits per heavy atom. The van der Waals surface area contributed by atoms with Crippen molar-refractivity contribution in [3.63, 3.8) is 0 Å². The van der Waals surface area contributed by atoms with Gasteiger partial charge >= 0.3 is 0 Å². The largest absolute Gasteiger partial charge is 0.508 e. The highest BCUT2D eigenvalue weighted by atomic mass is 19.1. The van der Waals surface area contributed by atoms with Crippen LogP contribution in [-0.2, 0) is 12.8 Å². The number of aromatic nitrogens is 3. The maximum Gasteiger partial charge on any atom is 0.278 e. The minimum absolute atomic E-state index is 0.163. The number of H-pyrrole nitrogens is 1. The van der Waals surface area contributed by atoms with Gasteiger partial charge in [-0.25, -0.2) is 9.37 Å². The molecule has 2 heterocycles. The Morgan fingerprint density at radius 2 is 1.62 bits per heavy atom. The Bertz CT molecular complexity index is 1610. The monoisotopic (exact) mass is 568 g/mol. The summed E-state index contributed by atoms with van der Waals surface area (Å²) in [5, 5.41) is 9.73. The standard InChI is InChI=1S/C34H37FN4O3/c35-28-20-25(12-17-32(28)42-19-9-4-2-1-3-8-18-36)22-30-34(41)39-23-31(26-13-15-27(40)16-14-26)37-29(33(39)38-30)21-24-10-6-5-7-11-24/h5-7,10-17,20,23,37,40H,1-4,8-9,18-19,21-22,36H2. The Kier molecular flexibility index (Phi) is 9.66. The Hall–Kier alpha value is -4.43. The molecule has 0 bridgehead atoms. The number of unbranched alkanes of at least 4 members (excludes halogenated alkanes) is 5. The number of aromatic amines is 1. The van der Waals surface area contributed by atoms with Gasteiger partial charge in [0.25, 0.3) is 5.56 Å². The molecule has 42 heavy (non-hydrogen) atoms. The summed E-state index contributed by atoms with van der Waals surface area (Å²) in [6.45, 7) is 1.20. The van der Waals surface area contributed by atoms with E-state index in [1.807, 2.05) is 30.3 Å². The van der Waals surface area contributed by atoms with Crippen LogP contribution in [0.1, 0.15) is 61.0 Å². The van der Waals surface area contributed by atoms with Crippen molar-refractivity contribution in [3.05, 3.63) is 118 Å². The molecule has 2 aliphatic rings. The summed E-state index contributed by atoms with van der Waals surface area (Å²) in [5.41, 5.74) is 9.65. The Morgan fingerprint density at radius 1 is 0.881 bits per heavy atom. The number of hydrogen-bond acceptors (Lipinski definition) is 5. The molecule has 0 fully saturated rings. The maximum atomic E-state index is 14.9. The molecule has 3 aromatic rings. The molecule has 0 aromatic heterocycles. The van der Waals surface area contributed by atoms with Gasteiger partial charge in [-0.05, 0) is 72.5 Å². The molecule has 0 radical (unpaired) electrons. The van der Waals surface area contributed by atoms with E-state index in [0.29, 0.717) is 30.1 Å². The van der Waals surface area contributed by atoms with E-state index >= 15 is 0 Å². The Labute approximate surface area is 245 Å². The topological polar surface area (TPSA) is 106 Å². The van der Waals surface area contributed by atoms with E-state index in [9.17, 15) is 14.3 Å². The van der Waals surface area contributed by atoms with Crippen molar-refractivity contribution in [2.75, 3.05) is 13.2 Å². The van der Waals surface area contributed by atoms with E-state index in [1.54, 1.807) is 47.2 Å². The highest BCUT2D eigenvalue weighted by molar-refractivity contribution is 5.61. The molecule has 4 N–H and O–H groups in total. The molecule has 218 valence electrons. The zero-order chi connectivity index (χ0) is 29.3. The van der Waals surface area contributed by atoms with Crippen LogP contribution in [0.4, 0.5) is 4.39 Å². The molecule has 2 aliphatic heterocycles. The molecular formula is C34H37FN4O3. The van der Waals surface area contributed by atoms with Crippen molar-refractivity contribution in [3.8, 4) is 28.6 Å². The second kappa shape index (κ2) is 14.0. The number of fused-ring (bicyclic) bond motifs is 1. The third-order valence-corrected chi connectivity index (χ3v) is 7.37. The highest BCUT2D eigenvalue weighted by Gasteiger charge is 2.21. The number of imidazole rings is 1. The molecule has 0 spiro atoms. The summed E-state index contributed by atoms with van der Waals surface area (Å²) in [6.07, 6.45) is 8.88. The number of benzene rings is 3. The lowest BCUT2D eigenvalue weighted by molar-refractivity contribution is 0.290. The number of phenolic OH excluding ortho intramolecular Hbond substituents is 1. The van der Waals surface area contributed by atoms with Gasteiger partial charge in [-0.1, -0.05) is 62.1 Å². The molecule has 0 atom stereocenters. The van der Waals surface area contributed by atoms with Gasteiger partial charge < -0.3 is 20.6 Å². The van der Waals surface area contributed by atoms with Crippen LogP contribution in [0.5, 0.6) is 11.5 Å². The van der Waals surface area contributed by atoms with Crippen molar-refractivity contribution in [2.45, 2.75) is 51.4 Å². The molecule has 0 amide bonds. The average Bonchev–Trinajstić information content (AvgIpc) is 3.31. The van der Waals surface area contributed by atoms with Crippen molar-refractivity contribution in [1.29, 1.82) is 0 Å². The number of hydrogen-bond donors (Lipinski definition) is 3. The quantitative estimate of drug-likeness (QED) is 0.135. The maximum absolute atomic E-state index is 14.9. The van der Waals surface area contributed by atoms with Crippen LogP contribution in [0.15, 0.2) is 83.8 Å². The lowest BCUT2D eigenvalue weighted by Crippen LogP contribution is -2.18. The third kappa shape index (κ3) is 7.25. The minimum Gasteiger partial charge on any atom is -0.508 e. The molecule has 8 heteroatoms. The molecular weight excluding hydrogens is 531 g/mol. The summed E-state index contributed by atoms with van der Waals surface area (Å²) >= 11 is 0. The van der Waals surface area contributed by atoms with Gasteiger partial charge in [0, 0.05) is 19.0 Å². The van der Waals surface area contributed by atoms with Crippen molar-refractivity contribution >= 4 is 0 Å². The van der Waals surface area contributed by atoms with Crippen LogP contribution in [-0.4, -0.2) is 32.8 Å². The van der Waals surface area contributed by atoms with Crippen LogP contribution in [0, 0.1) is 5.82 Å². The summed E-state index contributed by atoms with van der Waals surface area (Å²) in [7, 11) is 0. The van der Waals surface area contributed by atoms with Crippen LogP contribution in [0.3, 0.4) is 0 Å². The molecule has 0 unspecified atom stereocenters. The van der Waals surface area contributed by atoms with Gasteiger partial charge in [-0.3, -0.25) is 9.36 Å². The molecule has 5 rings (SSSR count). The average molecular weight is 569 g/mol. The smallest absolute Gasteiger partial charge is 0.278 e. The van der Waals surface area contributed by atoms with E-state index in [0.717, 1.165) is 67.6 Å². The fourth-order valence-electron chi connectivity index (χ4n) is 5.10. The lowest BCUT2D eigenvalue weighted by Gasteiger charge is -2.13. The summed E-state index contributed by atoms with van der Waals surface area (Å²) in [5.74, 6) is 0.471. The number of nitrogens with two attached hydrogens (primary N) is 1. The summed E-state index contributed by atoms with van der Waals surface area (Å²) < 4.78 is 22.1. The van der Waals surface area contributed by atoms with E-state index in [2.05, 4.69) is 4.98 Å². The zero-order valence-corrected chi connectivity index (χ0v) is 23.7. The number of rotatable bonds is 14. The number of nitrogens with one attached hydrogen (secondary N) is 1. The number of aromatic hydroxyl groups is 1. The normalized spacial score (nSPS) is 11.3. The molecule has 0 aliphatic carbocycles. The van der Waals surface area contributed by atoms with Crippen LogP contribution in [0.2, 0.25) is 0 Å². The predicted octanol–water partition coefficient (Wildman–Crippen LogP) is 6.37. The van der Waals surface area contributed by atoms with Crippen molar-refractivity contribution in [1.82, 2.24) is 14.5 Å². The van der Waals surface area contributed by atoms with E-state index < -0.39 is 5.82 Å². The van der Waals surface area contributed by atoms with Gasteiger partial charge in [-0.15, -0.1) is 0 Å². The molecule has 7 nitrogen and oxygen atoms in total. The first-order chi connectivity index (χ1) is 20.5. The molecule has 0 saturated carbocycles. The van der Waals surface area contributed by atoms with E-state index in [1.165, 1.54) is 6.07 Å². The number of nitrogens with zero attached hydrogens (tertiary/aromatic N) is 2. The van der Waals surface area contributed by atoms with E-state index in [-0.39, 0.29) is 23.5 Å². The van der Waals surface area contributed by atoms with Crippen molar-refractivity contribution < 1.29 is 14.2 Å². The number of phenols is 1. The van der Waals surface area contributed by atoms with Crippen LogP contribution < -0.4 is 16.0 Å². The number of ether oxygens (including phenoxy) is 1. The Balaban J connectivity index is 1.34. The summed E-state index contributed by atoms with van der Waals surface area (Å²) in [6, 6.07) is 21.6. The highest BCUT2D eigenvalue weighted by Crippen LogP contribution is 2.26. The molecule has 0 saturated heterocycles. The SMILES string of the molecule is NCCCCCCCCOc1ccc(Cc2nc3c(Cc4ccccc4)[nH]c(-c4ccc(O)cc4)cn-3c2=O)cc1F. The van der Waals surface area contributed by atoms with Gasteiger partial charge in [0.2, 0.25) is 0 Å². The first-order valence-electron chi connectivity index (χ1n) is 14.6. The zero-order valence-electron chi connectivity index (χ0n) is 23.7. The molecule has 3 aromatic carbocycles. The second-order valence-electron chi connectivity index (χ2n) is 10.6. The lowest BCUT2D eigenvalue weighted by atomic mass is 10.1. The summed E-state index contributed by atoms with van der Waals surface area (Å²) in [4.78, 5) is 21.7. The number of halogens is 1. The predicted molar refractivity (Wildman–Crippen MR) is 163 cm³/mol. The van der Waals surface area contributed by atoms with Crippen LogP contribution in [0.25, 0.3) is 17.1 Å². The van der Waals surface area contributed by atoms with Crippen LogP contribution >= 0.6 is 0 Å². The fourth-order valence-corrected chi connectivity index (χ4v) is 5.10. The first-order valence-corrected chi connectivity index (χ1v) is 14.6. The fraction of sp³-hybridized carbons (Fsp3) is 0.294. The first kappa shape index (κ1) is 29.1. The van der Waals surface area contributed by atoms with E-state index in [4.69, 9.17) is 15.5 Å². The van der Waals surface area contributed by atoms with Gasteiger partial charge in [0.1, 0.15) is 11.4 Å². The third-order valence-electron chi connectivity index (χ3n) is 7.37.